The van der Waals surface area contributed by atoms with Crippen LogP contribution in [-0.4, -0.2) is 42.8 Å². The van der Waals surface area contributed by atoms with Gasteiger partial charge in [0.2, 0.25) is 0 Å². The average molecular weight is 256 g/mol. The van der Waals surface area contributed by atoms with E-state index in [9.17, 15) is 4.57 Å². The molecule has 0 atom stereocenters. The number of hydrogen-bond acceptors (Lipinski definition) is 4. The summed E-state index contributed by atoms with van der Waals surface area (Å²) in [6, 6.07) is 0. The van der Waals surface area contributed by atoms with Crippen LogP contribution in [0.1, 0.15) is 20.3 Å². The fraction of sp³-hybridized carbons (Fsp3) is 1.00. The van der Waals surface area contributed by atoms with Crippen LogP contribution in [0.3, 0.4) is 0 Å². The van der Waals surface area contributed by atoms with Crippen LogP contribution >= 0.6 is 7.82 Å². The molecule has 0 heterocycles. The summed E-state index contributed by atoms with van der Waals surface area (Å²) >= 11 is 0. The van der Waals surface area contributed by atoms with Crippen molar-refractivity contribution in [3.63, 3.8) is 0 Å². The Morgan fingerprint density at radius 3 is 2.00 bits per heavy atom. The molecule has 7 heteroatoms. The topological polar surface area (TPSA) is 85.2 Å². The second-order valence-electron chi connectivity index (χ2n) is 3.73. The van der Waals surface area contributed by atoms with E-state index in [2.05, 4.69) is 18.4 Å². The quantitative estimate of drug-likeness (QED) is 0.451. The van der Waals surface area contributed by atoms with E-state index in [1.165, 1.54) is 0 Å². The van der Waals surface area contributed by atoms with E-state index in [0.717, 1.165) is 6.42 Å². The molecule has 0 aromatic heterocycles. The van der Waals surface area contributed by atoms with Crippen LogP contribution in [0.15, 0.2) is 0 Å². The summed E-state index contributed by atoms with van der Waals surface area (Å²) < 4.78 is 24.8. The summed E-state index contributed by atoms with van der Waals surface area (Å²) in [7, 11) is -4.35. The predicted octanol–water partition coefficient (Wildman–Crippen LogP) is 1.17. The lowest BCUT2D eigenvalue weighted by molar-refractivity contribution is 0.0296. The minimum Gasteiger partial charge on any atom is -0.379 e. The Hall–Kier alpha value is 0.0300. The molecule has 0 unspecified atom stereocenters. The highest BCUT2D eigenvalue weighted by molar-refractivity contribution is 7.46. The first-order valence-corrected chi connectivity index (χ1v) is 6.80. The second-order valence-corrected chi connectivity index (χ2v) is 4.97. The van der Waals surface area contributed by atoms with Gasteiger partial charge in [0.15, 0.2) is 0 Å². The van der Waals surface area contributed by atoms with Crippen molar-refractivity contribution >= 4 is 7.82 Å². The molecule has 0 saturated heterocycles. The number of hydrogen-bond donors (Lipinski definition) is 2. The zero-order chi connectivity index (χ0) is 12.4. The van der Waals surface area contributed by atoms with Crippen molar-refractivity contribution in [3.05, 3.63) is 0 Å². The lowest BCUT2D eigenvalue weighted by Crippen LogP contribution is -2.09. The van der Waals surface area contributed by atoms with Crippen molar-refractivity contribution in [2.24, 2.45) is 5.92 Å². The molecule has 0 bridgehead atoms. The third kappa shape index (κ3) is 14.0. The largest absolute Gasteiger partial charge is 0.469 e. The fourth-order valence-electron chi connectivity index (χ4n) is 0.856. The first-order valence-electron chi connectivity index (χ1n) is 5.27. The zero-order valence-corrected chi connectivity index (χ0v) is 10.7. The molecule has 0 aromatic carbocycles. The van der Waals surface area contributed by atoms with Gasteiger partial charge in [0, 0.05) is 6.61 Å². The molecule has 6 nitrogen and oxygen atoms in total. The van der Waals surface area contributed by atoms with Crippen LogP contribution in [0.4, 0.5) is 0 Å². The Bertz CT molecular complexity index is 202. The number of phosphoric acid groups is 1. The first-order chi connectivity index (χ1) is 7.42. The normalized spacial score (nSPS) is 12.3. The van der Waals surface area contributed by atoms with Crippen LogP contribution in [0.25, 0.3) is 0 Å². The summed E-state index contributed by atoms with van der Waals surface area (Å²) in [5.74, 6) is 0.623. The minimum atomic E-state index is -4.35. The van der Waals surface area contributed by atoms with E-state index in [1.807, 2.05) is 0 Å². The van der Waals surface area contributed by atoms with Crippen molar-refractivity contribution in [3.8, 4) is 0 Å². The van der Waals surface area contributed by atoms with Gasteiger partial charge in [-0.2, -0.15) is 0 Å². The fourth-order valence-corrected chi connectivity index (χ4v) is 1.17. The minimum absolute atomic E-state index is 0.115. The standard InChI is InChI=1S/C9H21O6P/c1-9(2)3-4-13-5-6-14-7-8-15-16(10,11)12/h9H,3-8H2,1-2H3,(H2,10,11,12). The van der Waals surface area contributed by atoms with E-state index in [0.29, 0.717) is 25.7 Å². The molecule has 0 rings (SSSR count). The van der Waals surface area contributed by atoms with Gasteiger partial charge in [0.25, 0.3) is 0 Å². The molecule has 0 saturated carbocycles. The monoisotopic (exact) mass is 256 g/mol. The molecule has 98 valence electrons. The second kappa shape index (κ2) is 9.10. The molecule has 0 aliphatic carbocycles. The van der Waals surface area contributed by atoms with Gasteiger partial charge in [-0.1, -0.05) is 13.8 Å². The molecule has 0 fully saturated rings. The van der Waals surface area contributed by atoms with Gasteiger partial charge in [-0.05, 0) is 12.3 Å². The molecular formula is C9H21O6P. The van der Waals surface area contributed by atoms with E-state index in [-0.39, 0.29) is 13.2 Å². The van der Waals surface area contributed by atoms with E-state index in [1.54, 1.807) is 0 Å². The zero-order valence-electron chi connectivity index (χ0n) is 9.79. The Morgan fingerprint density at radius 2 is 1.50 bits per heavy atom. The van der Waals surface area contributed by atoms with Gasteiger partial charge < -0.3 is 19.3 Å². The van der Waals surface area contributed by atoms with Crippen molar-refractivity contribution in [2.75, 3.05) is 33.0 Å². The molecule has 0 aliphatic rings. The van der Waals surface area contributed by atoms with Crippen LogP contribution in [0, 0.1) is 5.92 Å². The Kier molecular flexibility index (Phi) is 9.12. The van der Waals surface area contributed by atoms with Crippen molar-refractivity contribution < 1.29 is 28.3 Å². The van der Waals surface area contributed by atoms with Gasteiger partial charge in [-0.3, -0.25) is 4.52 Å². The van der Waals surface area contributed by atoms with Crippen molar-refractivity contribution in [1.29, 1.82) is 0 Å². The highest BCUT2D eigenvalue weighted by Gasteiger charge is 2.12. The highest BCUT2D eigenvalue weighted by Crippen LogP contribution is 2.35. The Balaban J connectivity index is 3.08. The third-order valence-corrected chi connectivity index (χ3v) is 2.22. The van der Waals surface area contributed by atoms with Crippen LogP contribution in [0.5, 0.6) is 0 Å². The molecule has 0 radical (unpaired) electrons. The molecule has 2 N–H and O–H groups in total. The molecule has 0 aliphatic heterocycles. The molecule has 0 spiro atoms. The van der Waals surface area contributed by atoms with Crippen LogP contribution < -0.4 is 0 Å². The number of rotatable bonds is 10. The van der Waals surface area contributed by atoms with Gasteiger partial charge >= 0.3 is 7.82 Å². The maximum absolute atomic E-state index is 10.3. The van der Waals surface area contributed by atoms with E-state index >= 15 is 0 Å². The van der Waals surface area contributed by atoms with Crippen molar-refractivity contribution in [2.45, 2.75) is 20.3 Å². The summed E-state index contributed by atoms with van der Waals surface area (Å²) in [5.41, 5.74) is 0. The summed E-state index contributed by atoms with van der Waals surface area (Å²) in [6.45, 7) is 5.89. The first kappa shape index (κ1) is 16.0. The van der Waals surface area contributed by atoms with Crippen LogP contribution in [-0.2, 0) is 18.6 Å². The van der Waals surface area contributed by atoms with Gasteiger partial charge in [0.05, 0.1) is 26.4 Å². The SMILES string of the molecule is CC(C)CCOCCOCCOP(=O)(O)O. The summed E-state index contributed by atoms with van der Waals surface area (Å²) in [4.78, 5) is 16.7. The van der Waals surface area contributed by atoms with Gasteiger partial charge in [0.1, 0.15) is 0 Å². The van der Waals surface area contributed by atoms with E-state index in [4.69, 9.17) is 19.3 Å². The third-order valence-electron chi connectivity index (χ3n) is 1.70. The lowest BCUT2D eigenvalue weighted by Gasteiger charge is -2.08. The lowest BCUT2D eigenvalue weighted by atomic mass is 10.1. The van der Waals surface area contributed by atoms with E-state index < -0.39 is 7.82 Å². The summed E-state index contributed by atoms with van der Waals surface area (Å²) in [5, 5.41) is 0. The summed E-state index contributed by atoms with van der Waals surface area (Å²) in [6.07, 6.45) is 1.02. The molecular weight excluding hydrogens is 235 g/mol. The number of ether oxygens (including phenoxy) is 2. The number of phosphoric ester groups is 1. The maximum Gasteiger partial charge on any atom is 0.469 e. The van der Waals surface area contributed by atoms with Gasteiger partial charge in [-0.15, -0.1) is 0 Å². The van der Waals surface area contributed by atoms with Crippen molar-refractivity contribution in [1.82, 2.24) is 0 Å². The Labute approximate surface area is 96.1 Å². The molecule has 16 heavy (non-hydrogen) atoms. The maximum atomic E-state index is 10.3. The average Bonchev–Trinajstić information content (AvgIpc) is 2.13. The molecule has 0 amide bonds. The van der Waals surface area contributed by atoms with Gasteiger partial charge in [-0.25, -0.2) is 4.57 Å². The smallest absolute Gasteiger partial charge is 0.379 e. The van der Waals surface area contributed by atoms with Crippen LogP contribution in [0.2, 0.25) is 0 Å². The predicted molar refractivity (Wildman–Crippen MR) is 59.1 cm³/mol. The molecule has 0 aromatic rings. The highest BCUT2D eigenvalue weighted by atomic mass is 31.2. The Morgan fingerprint density at radius 1 is 1.00 bits per heavy atom.